The fourth-order valence-electron chi connectivity index (χ4n) is 3.11. The van der Waals surface area contributed by atoms with Crippen LogP contribution in [0.1, 0.15) is 24.8 Å². The lowest BCUT2D eigenvalue weighted by Gasteiger charge is -2.17. The number of hydrogen-bond acceptors (Lipinski definition) is 3. The summed E-state index contributed by atoms with van der Waals surface area (Å²) in [6, 6.07) is 13.3. The van der Waals surface area contributed by atoms with Gasteiger partial charge in [0.25, 0.3) is 0 Å². The van der Waals surface area contributed by atoms with Gasteiger partial charge in [-0.3, -0.25) is 0 Å². The average Bonchev–Trinajstić information content (AvgIpc) is 3.04. The molecule has 0 heterocycles. The molecule has 7 heteroatoms. The maximum absolute atomic E-state index is 13.1. The second-order valence-corrected chi connectivity index (χ2v) is 8.22. The molecule has 3 nitrogen and oxygen atoms in total. The summed E-state index contributed by atoms with van der Waals surface area (Å²) >= 11 is 0. The van der Waals surface area contributed by atoms with Crippen molar-refractivity contribution in [2.45, 2.75) is 41.7 Å². The van der Waals surface area contributed by atoms with Crippen molar-refractivity contribution in [3.63, 3.8) is 0 Å². The van der Waals surface area contributed by atoms with Crippen molar-refractivity contribution in [3.05, 3.63) is 60.2 Å². The highest BCUT2D eigenvalue weighted by Crippen LogP contribution is 2.38. The van der Waals surface area contributed by atoms with E-state index in [1.807, 2.05) is 6.07 Å². The van der Waals surface area contributed by atoms with Gasteiger partial charge in [-0.2, -0.15) is 13.2 Å². The number of ether oxygens (including phenoxy) is 1. The number of rotatable bonds is 4. The highest BCUT2D eigenvalue weighted by atomic mass is 32.2. The second kappa shape index (κ2) is 6.71. The lowest BCUT2D eigenvalue weighted by atomic mass is 10.2. The fraction of sp³-hybridized carbons (Fsp3) is 0.333. The van der Waals surface area contributed by atoms with Crippen LogP contribution in [0, 0.1) is 0 Å². The van der Waals surface area contributed by atoms with E-state index < -0.39 is 31.7 Å². The first-order chi connectivity index (χ1) is 11.8. The molecule has 0 radical (unpaired) electrons. The molecule has 2 atom stereocenters. The molecule has 0 aliphatic heterocycles. The normalized spacial score (nSPS) is 21.2. The summed E-state index contributed by atoms with van der Waals surface area (Å²) in [4.78, 5) is -0.645. The van der Waals surface area contributed by atoms with Crippen molar-refractivity contribution < 1.29 is 26.3 Å². The van der Waals surface area contributed by atoms with Crippen LogP contribution in [-0.4, -0.2) is 19.8 Å². The molecule has 2 aromatic carbocycles. The van der Waals surface area contributed by atoms with E-state index in [1.165, 1.54) is 12.1 Å². The number of alkyl halides is 3. The van der Waals surface area contributed by atoms with E-state index in [4.69, 9.17) is 4.74 Å². The SMILES string of the molecule is O=S(=O)(c1ccccc1C(F)(F)F)C1CCC(Oc2ccccc2)C1. The zero-order chi connectivity index (χ0) is 18.1. The second-order valence-electron chi connectivity index (χ2n) is 6.03. The number of halogens is 3. The van der Waals surface area contributed by atoms with E-state index in [9.17, 15) is 21.6 Å². The van der Waals surface area contributed by atoms with Crippen molar-refractivity contribution in [2.24, 2.45) is 0 Å². The Morgan fingerprint density at radius 2 is 1.56 bits per heavy atom. The third-order valence-corrected chi connectivity index (χ3v) is 6.60. The van der Waals surface area contributed by atoms with E-state index >= 15 is 0 Å². The molecule has 0 amide bonds. The molecule has 1 aliphatic carbocycles. The van der Waals surface area contributed by atoms with Gasteiger partial charge in [0, 0.05) is 6.42 Å². The molecule has 2 unspecified atom stereocenters. The average molecular weight is 370 g/mol. The Labute approximate surface area is 144 Å². The predicted octanol–water partition coefficient (Wildman–Crippen LogP) is 4.48. The van der Waals surface area contributed by atoms with Gasteiger partial charge in [-0.25, -0.2) is 8.42 Å². The van der Waals surface area contributed by atoms with Gasteiger partial charge in [0.1, 0.15) is 5.75 Å². The molecule has 0 bridgehead atoms. The molecule has 3 rings (SSSR count). The number of sulfone groups is 1. The first kappa shape index (κ1) is 17.8. The molecular weight excluding hydrogens is 353 g/mol. The largest absolute Gasteiger partial charge is 0.490 e. The molecular formula is C18H17F3O3S. The van der Waals surface area contributed by atoms with Crippen LogP contribution in [-0.2, 0) is 16.0 Å². The quantitative estimate of drug-likeness (QED) is 0.797. The standard InChI is InChI=1S/C18H17F3O3S/c19-18(20,21)16-8-4-5-9-17(16)25(22,23)15-11-10-14(12-15)24-13-6-2-1-3-7-13/h1-9,14-15H,10-12H2. The molecule has 2 aromatic rings. The van der Waals surface area contributed by atoms with Crippen molar-refractivity contribution >= 4 is 9.84 Å². The monoisotopic (exact) mass is 370 g/mol. The molecule has 0 saturated heterocycles. The van der Waals surface area contributed by atoms with Gasteiger partial charge in [-0.15, -0.1) is 0 Å². The van der Waals surface area contributed by atoms with Crippen LogP contribution in [0.25, 0.3) is 0 Å². The summed E-state index contributed by atoms with van der Waals surface area (Å²) < 4.78 is 70.7. The van der Waals surface area contributed by atoms with Crippen LogP contribution in [0.2, 0.25) is 0 Å². The third kappa shape index (κ3) is 3.81. The Balaban J connectivity index is 1.81. The smallest absolute Gasteiger partial charge is 0.417 e. The zero-order valence-electron chi connectivity index (χ0n) is 13.2. The van der Waals surface area contributed by atoms with Gasteiger partial charge in [-0.05, 0) is 37.1 Å². The van der Waals surface area contributed by atoms with Crippen molar-refractivity contribution in [3.8, 4) is 5.75 Å². The van der Waals surface area contributed by atoms with Crippen LogP contribution in [0.15, 0.2) is 59.5 Å². The topological polar surface area (TPSA) is 43.4 Å². The summed E-state index contributed by atoms with van der Waals surface area (Å²) in [6.07, 6.45) is -4.06. The van der Waals surface area contributed by atoms with Gasteiger partial charge in [-0.1, -0.05) is 30.3 Å². The highest BCUT2D eigenvalue weighted by molar-refractivity contribution is 7.92. The number of hydrogen-bond donors (Lipinski definition) is 0. The van der Waals surface area contributed by atoms with E-state index in [2.05, 4.69) is 0 Å². The molecule has 25 heavy (non-hydrogen) atoms. The minimum absolute atomic E-state index is 0.184. The van der Waals surface area contributed by atoms with Crippen LogP contribution < -0.4 is 4.74 Å². The lowest BCUT2D eigenvalue weighted by molar-refractivity contribution is -0.139. The fourth-order valence-corrected chi connectivity index (χ4v) is 5.14. The predicted molar refractivity (Wildman–Crippen MR) is 87.1 cm³/mol. The molecule has 1 fully saturated rings. The summed E-state index contributed by atoms with van der Waals surface area (Å²) in [6.45, 7) is 0. The molecule has 134 valence electrons. The van der Waals surface area contributed by atoms with Gasteiger partial charge in [0.05, 0.1) is 21.8 Å². The number of benzene rings is 2. The lowest BCUT2D eigenvalue weighted by Crippen LogP contribution is -2.23. The van der Waals surface area contributed by atoms with Crippen LogP contribution >= 0.6 is 0 Å². The van der Waals surface area contributed by atoms with Crippen LogP contribution in [0.4, 0.5) is 13.2 Å². The van der Waals surface area contributed by atoms with Gasteiger partial charge < -0.3 is 4.74 Å². The van der Waals surface area contributed by atoms with Crippen molar-refractivity contribution in [1.29, 1.82) is 0 Å². The van der Waals surface area contributed by atoms with Gasteiger partial charge in [0.15, 0.2) is 9.84 Å². The van der Waals surface area contributed by atoms with Crippen molar-refractivity contribution in [1.82, 2.24) is 0 Å². The van der Waals surface area contributed by atoms with Crippen LogP contribution in [0.5, 0.6) is 5.75 Å². The van der Waals surface area contributed by atoms with Crippen molar-refractivity contribution in [2.75, 3.05) is 0 Å². The van der Waals surface area contributed by atoms with Gasteiger partial charge >= 0.3 is 6.18 Å². The van der Waals surface area contributed by atoms with E-state index in [0.29, 0.717) is 12.2 Å². The Bertz CT molecular complexity index is 832. The van der Waals surface area contributed by atoms with E-state index in [1.54, 1.807) is 24.3 Å². The summed E-state index contributed by atoms with van der Waals surface area (Å²) in [5.41, 5.74) is -1.11. The Kier molecular flexibility index (Phi) is 4.77. The van der Waals surface area contributed by atoms with E-state index in [-0.39, 0.29) is 18.9 Å². The molecule has 1 saturated carbocycles. The summed E-state index contributed by atoms with van der Waals surface area (Å²) in [5, 5.41) is -0.871. The van der Waals surface area contributed by atoms with Gasteiger partial charge in [0.2, 0.25) is 0 Å². The highest BCUT2D eigenvalue weighted by Gasteiger charge is 2.42. The van der Waals surface area contributed by atoms with Crippen LogP contribution in [0.3, 0.4) is 0 Å². The third-order valence-electron chi connectivity index (χ3n) is 4.32. The maximum atomic E-state index is 13.1. The first-order valence-electron chi connectivity index (χ1n) is 7.90. The minimum Gasteiger partial charge on any atom is -0.490 e. The zero-order valence-corrected chi connectivity index (χ0v) is 14.1. The Morgan fingerprint density at radius 3 is 2.24 bits per heavy atom. The summed E-state index contributed by atoms with van der Waals surface area (Å²) in [5.74, 6) is 0.626. The number of para-hydroxylation sites is 1. The molecule has 1 aliphatic rings. The Morgan fingerprint density at radius 1 is 0.920 bits per heavy atom. The molecule has 0 N–H and O–H groups in total. The minimum atomic E-state index is -4.71. The first-order valence-corrected chi connectivity index (χ1v) is 9.45. The maximum Gasteiger partial charge on any atom is 0.417 e. The molecule has 0 spiro atoms. The van der Waals surface area contributed by atoms with E-state index in [0.717, 1.165) is 12.1 Å². The Hall–Kier alpha value is -2.02. The summed E-state index contributed by atoms with van der Waals surface area (Å²) in [7, 11) is -4.08. The molecule has 0 aromatic heterocycles.